The maximum atomic E-state index is 12.3. The van der Waals surface area contributed by atoms with Crippen molar-refractivity contribution in [2.24, 2.45) is 0 Å². The van der Waals surface area contributed by atoms with Crippen LogP contribution < -0.4 is 0 Å². The molecule has 24 heavy (non-hydrogen) atoms. The number of unbranched alkanes of at least 4 members (excludes halogenated alkanes) is 4. The zero-order chi connectivity index (χ0) is 17.6. The van der Waals surface area contributed by atoms with Crippen molar-refractivity contribution < 1.29 is 14.3 Å². The highest BCUT2D eigenvalue weighted by atomic mass is 16.6. The van der Waals surface area contributed by atoms with Gasteiger partial charge >= 0.3 is 5.97 Å². The molecular weight excluding hydrogens is 300 g/mol. The number of methoxy groups -OCH3 is 1. The third-order valence-corrected chi connectivity index (χ3v) is 3.87. The number of ether oxygens (including phenoxy) is 2. The average molecular weight is 330 g/mol. The van der Waals surface area contributed by atoms with E-state index in [0.29, 0.717) is 0 Å². The Hall–Kier alpha value is -1.83. The standard InChI is InChI=1S/C21H30O3/c1-4-6-7-8-10-14-18(13-5-2)17-24-21(22)20(23-3)19-15-11-9-12-16-19/h5,9,11-12,15-16,20H,4,6-8,10,14,17H2,1-3H3/t13?,20-/m1/s1. The van der Waals surface area contributed by atoms with Crippen LogP contribution in [0.1, 0.15) is 64.0 Å². The van der Waals surface area contributed by atoms with E-state index in [1.807, 2.05) is 43.3 Å². The maximum Gasteiger partial charge on any atom is 0.340 e. The van der Waals surface area contributed by atoms with E-state index < -0.39 is 6.10 Å². The van der Waals surface area contributed by atoms with Gasteiger partial charge in [0, 0.05) is 12.7 Å². The molecule has 1 rings (SSSR count). The molecule has 0 saturated heterocycles. The molecule has 0 aliphatic carbocycles. The summed E-state index contributed by atoms with van der Waals surface area (Å²) in [4.78, 5) is 12.3. The molecule has 0 heterocycles. The van der Waals surface area contributed by atoms with E-state index in [4.69, 9.17) is 9.47 Å². The van der Waals surface area contributed by atoms with Gasteiger partial charge < -0.3 is 9.47 Å². The SMILES string of the molecule is CC=C=C(CCCCCCC)COC(=O)[C@H](OC)c1ccccc1. The van der Waals surface area contributed by atoms with Gasteiger partial charge in [0.25, 0.3) is 0 Å². The highest BCUT2D eigenvalue weighted by Crippen LogP contribution is 2.19. The first kappa shape index (κ1) is 20.2. The van der Waals surface area contributed by atoms with Gasteiger partial charge in [-0.05, 0) is 31.4 Å². The maximum absolute atomic E-state index is 12.3. The lowest BCUT2D eigenvalue weighted by molar-refractivity contribution is -0.154. The summed E-state index contributed by atoms with van der Waals surface area (Å²) in [5.74, 6) is -0.356. The molecule has 0 aliphatic heterocycles. The Labute approximate surface area is 146 Å². The summed E-state index contributed by atoms with van der Waals surface area (Å²) in [6.45, 7) is 4.42. The summed E-state index contributed by atoms with van der Waals surface area (Å²) in [5.41, 5.74) is 5.04. The zero-order valence-electron chi connectivity index (χ0n) is 15.2. The number of esters is 1. The fourth-order valence-electron chi connectivity index (χ4n) is 2.56. The van der Waals surface area contributed by atoms with Crippen molar-refractivity contribution in [3.05, 3.63) is 53.3 Å². The Morgan fingerprint density at radius 3 is 2.50 bits per heavy atom. The van der Waals surface area contributed by atoms with Crippen molar-refractivity contribution in [3.8, 4) is 0 Å². The highest BCUT2D eigenvalue weighted by Gasteiger charge is 2.21. The van der Waals surface area contributed by atoms with Gasteiger partial charge in [-0.3, -0.25) is 0 Å². The quantitative estimate of drug-likeness (QED) is 0.310. The lowest BCUT2D eigenvalue weighted by Crippen LogP contribution is -2.18. The minimum absolute atomic E-state index is 0.281. The Morgan fingerprint density at radius 2 is 1.88 bits per heavy atom. The monoisotopic (exact) mass is 330 g/mol. The van der Waals surface area contributed by atoms with Gasteiger partial charge in [-0.25, -0.2) is 4.79 Å². The molecule has 0 saturated carbocycles. The normalized spacial score (nSPS) is 11.5. The van der Waals surface area contributed by atoms with Gasteiger partial charge in [0.05, 0.1) is 0 Å². The van der Waals surface area contributed by atoms with Crippen LogP contribution in [0.2, 0.25) is 0 Å². The lowest BCUT2D eigenvalue weighted by atomic mass is 10.1. The summed E-state index contributed by atoms with van der Waals surface area (Å²) in [5, 5.41) is 0. The molecule has 0 aliphatic rings. The molecule has 0 aromatic heterocycles. The molecule has 0 radical (unpaired) electrons. The van der Waals surface area contributed by atoms with E-state index in [1.54, 1.807) is 0 Å². The van der Waals surface area contributed by atoms with Crippen molar-refractivity contribution in [3.63, 3.8) is 0 Å². The van der Waals surface area contributed by atoms with Crippen LogP contribution in [0.4, 0.5) is 0 Å². The van der Waals surface area contributed by atoms with E-state index in [1.165, 1.54) is 32.8 Å². The van der Waals surface area contributed by atoms with Gasteiger partial charge in [0.2, 0.25) is 0 Å². The molecule has 1 atom stereocenters. The third-order valence-electron chi connectivity index (χ3n) is 3.87. The molecule has 3 heteroatoms. The van der Waals surface area contributed by atoms with Crippen LogP contribution in [0.3, 0.4) is 0 Å². The summed E-state index contributed by atoms with van der Waals surface area (Å²) in [7, 11) is 1.52. The molecule has 0 bridgehead atoms. The molecule has 0 fully saturated rings. The predicted molar refractivity (Wildman–Crippen MR) is 97.8 cm³/mol. The first-order chi connectivity index (χ1) is 11.7. The average Bonchev–Trinajstić information content (AvgIpc) is 2.61. The molecule has 132 valence electrons. The van der Waals surface area contributed by atoms with E-state index in [-0.39, 0.29) is 12.6 Å². The van der Waals surface area contributed by atoms with Gasteiger partial charge in [-0.15, -0.1) is 5.73 Å². The van der Waals surface area contributed by atoms with E-state index in [0.717, 1.165) is 24.0 Å². The number of hydrogen-bond donors (Lipinski definition) is 0. The largest absolute Gasteiger partial charge is 0.458 e. The van der Waals surface area contributed by atoms with Crippen LogP contribution in [0.5, 0.6) is 0 Å². The van der Waals surface area contributed by atoms with Gasteiger partial charge in [-0.2, -0.15) is 0 Å². The number of benzene rings is 1. The number of rotatable bonds is 11. The minimum atomic E-state index is -0.678. The molecule has 0 spiro atoms. The number of carbonyl (C=O) groups excluding carboxylic acids is 1. The molecule has 0 amide bonds. The summed E-state index contributed by atoms with van der Waals surface area (Å²) < 4.78 is 10.8. The van der Waals surface area contributed by atoms with Crippen LogP contribution in [-0.2, 0) is 14.3 Å². The van der Waals surface area contributed by atoms with Gasteiger partial charge in [0.1, 0.15) is 6.61 Å². The first-order valence-electron chi connectivity index (χ1n) is 8.86. The second-order valence-electron chi connectivity index (χ2n) is 5.83. The van der Waals surface area contributed by atoms with Gasteiger partial charge in [0.15, 0.2) is 6.10 Å². The number of hydrogen-bond acceptors (Lipinski definition) is 3. The van der Waals surface area contributed by atoms with Crippen LogP contribution in [-0.4, -0.2) is 19.7 Å². The Morgan fingerprint density at radius 1 is 1.17 bits per heavy atom. The third kappa shape index (κ3) is 7.63. The molecule has 0 unspecified atom stereocenters. The Bertz CT molecular complexity index is 527. The second-order valence-corrected chi connectivity index (χ2v) is 5.83. The van der Waals surface area contributed by atoms with Crippen molar-refractivity contribution in [2.75, 3.05) is 13.7 Å². The number of carbonyl (C=O) groups is 1. The minimum Gasteiger partial charge on any atom is -0.458 e. The van der Waals surface area contributed by atoms with E-state index >= 15 is 0 Å². The first-order valence-corrected chi connectivity index (χ1v) is 8.86. The summed E-state index contributed by atoms with van der Waals surface area (Å²) >= 11 is 0. The fourth-order valence-corrected chi connectivity index (χ4v) is 2.56. The molecule has 1 aromatic carbocycles. The summed E-state index contributed by atoms with van der Waals surface area (Å²) in [6.07, 6.45) is 8.23. The highest BCUT2D eigenvalue weighted by molar-refractivity contribution is 5.76. The Balaban J connectivity index is 2.50. The zero-order valence-corrected chi connectivity index (χ0v) is 15.2. The van der Waals surface area contributed by atoms with Gasteiger partial charge in [-0.1, -0.05) is 62.9 Å². The van der Waals surface area contributed by atoms with E-state index in [2.05, 4.69) is 12.7 Å². The lowest BCUT2D eigenvalue weighted by Gasteiger charge is -2.15. The van der Waals surface area contributed by atoms with Crippen LogP contribution >= 0.6 is 0 Å². The predicted octanol–water partition coefficient (Wildman–Crippen LogP) is 5.38. The topological polar surface area (TPSA) is 35.5 Å². The second kappa shape index (κ2) is 12.6. The fraction of sp³-hybridized carbons (Fsp3) is 0.524. The molecule has 3 nitrogen and oxygen atoms in total. The van der Waals surface area contributed by atoms with Crippen molar-refractivity contribution in [1.29, 1.82) is 0 Å². The van der Waals surface area contributed by atoms with Crippen LogP contribution in [0.15, 0.2) is 47.7 Å². The molecular formula is C21H30O3. The van der Waals surface area contributed by atoms with Crippen LogP contribution in [0, 0.1) is 0 Å². The van der Waals surface area contributed by atoms with Crippen molar-refractivity contribution >= 4 is 5.97 Å². The van der Waals surface area contributed by atoms with Crippen molar-refractivity contribution in [1.82, 2.24) is 0 Å². The van der Waals surface area contributed by atoms with E-state index in [9.17, 15) is 4.79 Å². The summed E-state index contributed by atoms with van der Waals surface area (Å²) in [6, 6.07) is 9.41. The Kier molecular flexibility index (Phi) is 10.6. The van der Waals surface area contributed by atoms with Crippen molar-refractivity contribution in [2.45, 2.75) is 58.5 Å². The molecule has 0 N–H and O–H groups in total. The molecule has 1 aromatic rings. The van der Waals surface area contributed by atoms with Crippen LogP contribution in [0.25, 0.3) is 0 Å². The smallest absolute Gasteiger partial charge is 0.340 e.